The van der Waals surface area contributed by atoms with Crippen molar-refractivity contribution in [3.05, 3.63) is 16.3 Å². The standard InChI is InChI=1S/C16H25N3O3S2/c1-17-7-5-8-18(12-11-17)16(20)15-14(6-13-23-15)24(21,22)19-9-3-2-4-10-19/h6,13H,2-5,7-12H2,1H3. The van der Waals surface area contributed by atoms with Gasteiger partial charge in [0.25, 0.3) is 5.91 Å². The van der Waals surface area contributed by atoms with E-state index in [-0.39, 0.29) is 10.8 Å². The van der Waals surface area contributed by atoms with Crippen molar-refractivity contribution in [1.29, 1.82) is 0 Å². The third-order valence-electron chi connectivity index (χ3n) is 4.76. The van der Waals surface area contributed by atoms with Crippen molar-refractivity contribution in [2.75, 3.05) is 46.3 Å². The molecule has 1 aromatic rings. The lowest BCUT2D eigenvalue weighted by Crippen LogP contribution is -2.38. The van der Waals surface area contributed by atoms with Crippen LogP contribution in [0.5, 0.6) is 0 Å². The van der Waals surface area contributed by atoms with Crippen LogP contribution in [0.1, 0.15) is 35.4 Å². The first-order chi connectivity index (χ1) is 11.5. The van der Waals surface area contributed by atoms with Crippen LogP contribution in [0.2, 0.25) is 0 Å². The number of likely N-dealkylation sites (N-methyl/N-ethyl adjacent to an activating group) is 1. The van der Waals surface area contributed by atoms with Crippen molar-refractivity contribution in [3.8, 4) is 0 Å². The first-order valence-corrected chi connectivity index (χ1v) is 10.9. The molecule has 0 radical (unpaired) electrons. The Hall–Kier alpha value is -0.960. The molecule has 8 heteroatoms. The lowest BCUT2D eigenvalue weighted by atomic mass is 10.2. The molecule has 2 saturated heterocycles. The van der Waals surface area contributed by atoms with Gasteiger partial charge < -0.3 is 9.80 Å². The summed E-state index contributed by atoms with van der Waals surface area (Å²) in [6.45, 7) is 4.24. The van der Waals surface area contributed by atoms with Gasteiger partial charge in [-0.2, -0.15) is 4.31 Å². The molecule has 0 saturated carbocycles. The van der Waals surface area contributed by atoms with Crippen LogP contribution < -0.4 is 0 Å². The average molecular weight is 372 g/mol. The van der Waals surface area contributed by atoms with Crippen molar-refractivity contribution in [2.24, 2.45) is 0 Å². The molecule has 0 N–H and O–H groups in total. The molecule has 134 valence electrons. The first kappa shape index (κ1) is 17.8. The number of thiophene rings is 1. The summed E-state index contributed by atoms with van der Waals surface area (Å²) in [6.07, 6.45) is 3.78. The number of hydrogen-bond acceptors (Lipinski definition) is 5. The van der Waals surface area contributed by atoms with Crippen LogP contribution in [0.15, 0.2) is 16.3 Å². The average Bonchev–Trinajstić information content (AvgIpc) is 2.99. The summed E-state index contributed by atoms with van der Waals surface area (Å²) >= 11 is 1.24. The van der Waals surface area contributed by atoms with Crippen molar-refractivity contribution in [1.82, 2.24) is 14.1 Å². The zero-order chi connectivity index (χ0) is 17.2. The molecule has 1 amide bonds. The van der Waals surface area contributed by atoms with Crippen molar-refractivity contribution in [3.63, 3.8) is 0 Å². The summed E-state index contributed by atoms with van der Waals surface area (Å²) in [7, 11) is -1.52. The highest BCUT2D eigenvalue weighted by molar-refractivity contribution is 7.89. The Morgan fingerprint density at radius 3 is 2.50 bits per heavy atom. The fourth-order valence-electron chi connectivity index (χ4n) is 3.29. The van der Waals surface area contributed by atoms with E-state index in [4.69, 9.17) is 0 Å². The highest BCUT2D eigenvalue weighted by atomic mass is 32.2. The second kappa shape index (κ2) is 7.51. The Morgan fingerprint density at radius 2 is 1.75 bits per heavy atom. The molecule has 3 rings (SSSR count). The Bertz CT molecular complexity index is 680. The number of rotatable bonds is 3. The van der Waals surface area contributed by atoms with Gasteiger partial charge in [-0.05, 0) is 44.3 Å². The van der Waals surface area contributed by atoms with Gasteiger partial charge in [-0.1, -0.05) is 6.42 Å². The number of nitrogens with zero attached hydrogens (tertiary/aromatic N) is 3. The number of piperidine rings is 1. The number of carbonyl (C=O) groups is 1. The predicted octanol–water partition coefficient (Wildman–Crippen LogP) is 1.70. The monoisotopic (exact) mass is 371 g/mol. The Balaban J connectivity index is 1.83. The van der Waals surface area contributed by atoms with E-state index in [2.05, 4.69) is 4.90 Å². The lowest BCUT2D eigenvalue weighted by molar-refractivity contribution is 0.0764. The van der Waals surface area contributed by atoms with Crippen LogP contribution in [0, 0.1) is 0 Å². The van der Waals surface area contributed by atoms with Gasteiger partial charge in [-0.15, -0.1) is 11.3 Å². The molecule has 1 aromatic heterocycles. The predicted molar refractivity (Wildman–Crippen MR) is 94.9 cm³/mol. The van der Waals surface area contributed by atoms with Gasteiger partial charge in [0.1, 0.15) is 9.77 Å². The van der Waals surface area contributed by atoms with Crippen LogP contribution in [0.4, 0.5) is 0 Å². The molecule has 2 aliphatic heterocycles. The molecule has 3 heterocycles. The highest BCUT2D eigenvalue weighted by Gasteiger charge is 2.32. The Kier molecular flexibility index (Phi) is 5.59. The van der Waals surface area contributed by atoms with Crippen LogP contribution in [0.25, 0.3) is 0 Å². The summed E-state index contributed by atoms with van der Waals surface area (Å²) in [5.74, 6) is -0.143. The van der Waals surface area contributed by atoms with Crippen molar-refractivity contribution >= 4 is 27.3 Å². The van der Waals surface area contributed by atoms with Gasteiger partial charge in [0.15, 0.2) is 0 Å². The third-order valence-corrected chi connectivity index (χ3v) is 7.74. The van der Waals surface area contributed by atoms with E-state index < -0.39 is 10.0 Å². The van der Waals surface area contributed by atoms with Crippen molar-refractivity contribution < 1.29 is 13.2 Å². The van der Waals surface area contributed by atoms with E-state index in [1.54, 1.807) is 16.3 Å². The second-order valence-electron chi connectivity index (χ2n) is 6.53. The Morgan fingerprint density at radius 1 is 1.00 bits per heavy atom. The first-order valence-electron chi connectivity index (χ1n) is 8.55. The minimum Gasteiger partial charge on any atom is -0.337 e. The Labute approximate surface area is 148 Å². The minimum absolute atomic E-state index is 0.143. The summed E-state index contributed by atoms with van der Waals surface area (Å²) in [4.78, 5) is 17.5. The molecule has 0 aliphatic carbocycles. The van der Waals surface area contributed by atoms with E-state index in [9.17, 15) is 13.2 Å². The molecule has 24 heavy (non-hydrogen) atoms. The fourth-order valence-corrected chi connectivity index (χ4v) is 6.17. The largest absolute Gasteiger partial charge is 0.337 e. The molecule has 0 aromatic carbocycles. The number of carbonyl (C=O) groups excluding carboxylic acids is 1. The number of hydrogen-bond donors (Lipinski definition) is 0. The number of sulfonamides is 1. The second-order valence-corrected chi connectivity index (χ2v) is 9.35. The van der Waals surface area contributed by atoms with Gasteiger partial charge in [0.2, 0.25) is 10.0 Å². The molecular formula is C16H25N3O3S2. The van der Waals surface area contributed by atoms with E-state index in [0.29, 0.717) is 31.1 Å². The lowest BCUT2D eigenvalue weighted by Gasteiger charge is -2.26. The van der Waals surface area contributed by atoms with Crippen LogP contribution in [-0.4, -0.2) is 74.7 Å². The maximum atomic E-state index is 12.9. The third kappa shape index (κ3) is 3.66. The minimum atomic E-state index is -3.57. The molecule has 2 aliphatic rings. The zero-order valence-corrected chi connectivity index (χ0v) is 15.7. The smallest absolute Gasteiger partial charge is 0.265 e. The van der Waals surface area contributed by atoms with Gasteiger partial charge >= 0.3 is 0 Å². The quantitative estimate of drug-likeness (QED) is 0.811. The fraction of sp³-hybridized carbons (Fsp3) is 0.688. The van der Waals surface area contributed by atoms with Gasteiger partial charge in [0.05, 0.1) is 0 Å². The van der Waals surface area contributed by atoms with Gasteiger partial charge in [-0.25, -0.2) is 8.42 Å². The normalized spacial score (nSPS) is 21.6. The molecular weight excluding hydrogens is 346 g/mol. The molecule has 0 atom stereocenters. The molecule has 0 spiro atoms. The zero-order valence-electron chi connectivity index (χ0n) is 14.1. The highest BCUT2D eigenvalue weighted by Crippen LogP contribution is 2.28. The summed E-state index contributed by atoms with van der Waals surface area (Å²) < 4.78 is 27.4. The number of amides is 1. The molecule has 0 unspecified atom stereocenters. The van der Waals surface area contributed by atoms with Crippen molar-refractivity contribution in [2.45, 2.75) is 30.6 Å². The molecule has 2 fully saturated rings. The SMILES string of the molecule is CN1CCCN(C(=O)c2sccc2S(=O)(=O)N2CCCCC2)CC1. The van der Waals surface area contributed by atoms with E-state index >= 15 is 0 Å². The van der Waals surface area contributed by atoms with Gasteiger partial charge in [0, 0.05) is 32.7 Å². The van der Waals surface area contributed by atoms with Crippen LogP contribution >= 0.6 is 11.3 Å². The summed E-state index contributed by atoms with van der Waals surface area (Å²) in [5, 5.41) is 1.72. The van der Waals surface area contributed by atoms with Crippen LogP contribution in [0.3, 0.4) is 0 Å². The van der Waals surface area contributed by atoms with E-state index in [1.165, 1.54) is 15.6 Å². The topological polar surface area (TPSA) is 60.9 Å². The summed E-state index contributed by atoms with van der Waals surface area (Å²) in [6, 6.07) is 1.59. The van der Waals surface area contributed by atoms with E-state index in [0.717, 1.165) is 38.8 Å². The molecule has 0 bridgehead atoms. The van der Waals surface area contributed by atoms with Crippen LogP contribution in [-0.2, 0) is 10.0 Å². The molecule has 6 nitrogen and oxygen atoms in total. The maximum absolute atomic E-state index is 12.9. The van der Waals surface area contributed by atoms with Gasteiger partial charge in [-0.3, -0.25) is 4.79 Å². The van der Waals surface area contributed by atoms with E-state index in [1.807, 2.05) is 7.05 Å². The maximum Gasteiger partial charge on any atom is 0.265 e. The summed E-state index contributed by atoms with van der Waals surface area (Å²) in [5.41, 5.74) is 0.